The van der Waals surface area contributed by atoms with Gasteiger partial charge in [-0.15, -0.1) is 0 Å². The first-order valence-electron chi connectivity index (χ1n) is 6.32. The fourth-order valence-corrected chi connectivity index (χ4v) is 2.55. The van der Waals surface area contributed by atoms with E-state index in [1.54, 1.807) is 4.90 Å². The number of hydrogen-bond acceptors (Lipinski definition) is 2. The molecule has 1 aromatic rings. The lowest BCUT2D eigenvalue weighted by molar-refractivity contribution is -0.133. The number of halogens is 1. The summed E-state index contributed by atoms with van der Waals surface area (Å²) in [7, 11) is 0. The maximum Gasteiger partial charge on any atom is 0.226 e. The average Bonchev–Trinajstić information content (AvgIpc) is 3.15. The smallest absolute Gasteiger partial charge is 0.226 e. The van der Waals surface area contributed by atoms with Crippen molar-refractivity contribution in [2.24, 2.45) is 5.92 Å². The molecule has 1 saturated carbocycles. The van der Waals surface area contributed by atoms with Crippen LogP contribution in [0.3, 0.4) is 0 Å². The second-order valence-electron chi connectivity index (χ2n) is 4.65. The number of hydrogen-bond donors (Lipinski definition) is 1. The van der Waals surface area contributed by atoms with Crippen molar-refractivity contribution in [3.05, 3.63) is 34.9 Å². The van der Waals surface area contributed by atoms with Gasteiger partial charge in [-0.2, -0.15) is 0 Å². The van der Waals surface area contributed by atoms with Gasteiger partial charge in [-0.1, -0.05) is 23.7 Å². The maximum absolute atomic E-state index is 12.2. The third kappa shape index (κ3) is 2.85. The highest BCUT2D eigenvalue weighted by atomic mass is 35.5. The molecule has 2 rings (SSSR count). The zero-order valence-electron chi connectivity index (χ0n) is 10.5. The molecule has 0 bridgehead atoms. The van der Waals surface area contributed by atoms with Crippen molar-refractivity contribution in [1.29, 1.82) is 0 Å². The van der Waals surface area contributed by atoms with Crippen molar-refractivity contribution >= 4 is 17.5 Å². The van der Waals surface area contributed by atoms with Crippen LogP contribution < -0.4 is 0 Å². The number of aliphatic hydroxyl groups is 1. The fourth-order valence-electron chi connectivity index (χ4n) is 2.35. The Kier molecular flexibility index (Phi) is 4.25. The maximum atomic E-state index is 12.2. The van der Waals surface area contributed by atoms with E-state index in [9.17, 15) is 4.79 Å². The van der Waals surface area contributed by atoms with E-state index in [1.165, 1.54) is 0 Å². The Hall–Kier alpha value is -1.06. The number of rotatable bonds is 5. The molecule has 0 spiro atoms. The Labute approximate surface area is 112 Å². The summed E-state index contributed by atoms with van der Waals surface area (Å²) >= 11 is 5.96. The molecule has 18 heavy (non-hydrogen) atoms. The molecule has 0 heterocycles. The lowest BCUT2D eigenvalue weighted by Crippen LogP contribution is -2.34. The predicted octanol–water partition coefficient (Wildman–Crippen LogP) is 2.28. The van der Waals surface area contributed by atoms with Gasteiger partial charge >= 0.3 is 0 Å². The minimum atomic E-state index is 0.0220. The number of benzene rings is 1. The van der Waals surface area contributed by atoms with Crippen LogP contribution in [0.2, 0.25) is 5.02 Å². The van der Waals surface area contributed by atoms with Gasteiger partial charge in [0.2, 0.25) is 5.91 Å². The molecule has 1 aliphatic carbocycles. The fraction of sp³-hybridized carbons (Fsp3) is 0.500. The van der Waals surface area contributed by atoms with Crippen LogP contribution >= 0.6 is 11.6 Å². The van der Waals surface area contributed by atoms with Gasteiger partial charge in [0.25, 0.3) is 0 Å². The number of amides is 1. The second kappa shape index (κ2) is 5.72. The van der Waals surface area contributed by atoms with Crippen molar-refractivity contribution in [2.75, 3.05) is 19.7 Å². The summed E-state index contributed by atoms with van der Waals surface area (Å²) in [5.41, 5.74) is 1.14. The summed E-state index contributed by atoms with van der Waals surface area (Å²) in [6.45, 7) is 3.03. The number of likely N-dealkylation sites (N-methyl/N-ethyl adjacent to an activating group) is 1. The highest BCUT2D eigenvalue weighted by Gasteiger charge is 2.45. The highest BCUT2D eigenvalue weighted by Crippen LogP contribution is 2.48. The Morgan fingerprint density at radius 3 is 2.94 bits per heavy atom. The van der Waals surface area contributed by atoms with Crippen molar-refractivity contribution in [2.45, 2.75) is 19.3 Å². The van der Waals surface area contributed by atoms with Crippen LogP contribution in [0.4, 0.5) is 0 Å². The zero-order valence-corrected chi connectivity index (χ0v) is 11.2. The molecule has 2 atom stereocenters. The number of nitrogens with zero attached hydrogens (tertiary/aromatic N) is 1. The van der Waals surface area contributed by atoms with Crippen molar-refractivity contribution in [1.82, 2.24) is 4.90 Å². The standard InChI is InChI=1S/C14H18ClNO2/c1-2-16(6-7-17)14(18)13-9-12(13)10-4-3-5-11(15)8-10/h3-5,8,12-13,17H,2,6-7,9H2,1H3. The van der Waals surface area contributed by atoms with E-state index in [2.05, 4.69) is 0 Å². The van der Waals surface area contributed by atoms with Crippen LogP contribution in [-0.4, -0.2) is 35.6 Å². The molecule has 0 saturated heterocycles. The van der Waals surface area contributed by atoms with Crippen LogP contribution in [-0.2, 0) is 4.79 Å². The molecule has 1 fully saturated rings. The Bertz CT molecular complexity index is 436. The van der Waals surface area contributed by atoms with Gasteiger partial charge in [-0.05, 0) is 37.0 Å². The zero-order chi connectivity index (χ0) is 13.1. The minimum Gasteiger partial charge on any atom is -0.395 e. The Morgan fingerprint density at radius 2 is 2.33 bits per heavy atom. The summed E-state index contributed by atoms with van der Waals surface area (Å²) in [4.78, 5) is 13.9. The molecule has 3 nitrogen and oxygen atoms in total. The summed E-state index contributed by atoms with van der Waals surface area (Å²) in [5, 5.41) is 9.64. The van der Waals surface area contributed by atoms with Crippen LogP contribution in [0.1, 0.15) is 24.8 Å². The van der Waals surface area contributed by atoms with Gasteiger partial charge in [0, 0.05) is 24.0 Å². The molecule has 1 amide bonds. The average molecular weight is 268 g/mol. The summed E-state index contributed by atoms with van der Waals surface area (Å²) in [6.07, 6.45) is 0.890. The van der Waals surface area contributed by atoms with E-state index in [0.29, 0.717) is 24.0 Å². The van der Waals surface area contributed by atoms with Crippen LogP contribution in [0.15, 0.2) is 24.3 Å². The van der Waals surface area contributed by atoms with Crippen molar-refractivity contribution < 1.29 is 9.90 Å². The molecule has 1 N–H and O–H groups in total. The molecule has 0 aliphatic heterocycles. The van der Waals surface area contributed by atoms with Crippen molar-refractivity contribution in [3.63, 3.8) is 0 Å². The van der Waals surface area contributed by atoms with E-state index in [4.69, 9.17) is 16.7 Å². The van der Waals surface area contributed by atoms with Crippen LogP contribution in [0.5, 0.6) is 0 Å². The second-order valence-corrected chi connectivity index (χ2v) is 5.08. The molecule has 4 heteroatoms. The first-order chi connectivity index (χ1) is 8.67. The van der Waals surface area contributed by atoms with E-state index >= 15 is 0 Å². The lowest BCUT2D eigenvalue weighted by Gasteiger charge is -2.19. The van der Waals surface area contributed by atoms with E-state index in [-0.39, 0.29) is 18.4 Å². The molecule has 1 aliphatic rings. The monoisotopic (exact) mass is 267 g/mol. The molecule has 98 valence electrons. The normalized spacial score (nSPS) is 21.7. The predicted molar refractivity (Wildman–Crippen MR) is 71.6 cm³/mol. The quantitative estimate of drug-likeness (QED) is 0.889. The van der Waals surface area contributed by atoms with E-state index in [0.717, 1.165) is 12.0 Å². The minimum absolute atomic E-state index is 0.0220. The number of carbonyl (C=O) groups excluding carboxylic acids is 1. The van der Waals surface area contributed by atoms with Gasteiger partial charge in [-0.3, -0.25) is 4.79 Å². The van der Waals surface area contributed by atoms with Crippen LogP contribution in [0.25, 0.3) is 0 Å². The Balaban J connectivity index is 2.00. The first kappa shape index (κ1) is 13.4. The van der Waals surface area contributed by atoms with Gasteiger partial charge < -0.3 is 10.0 Å². The van der Waals surface area contributed by atoms with Gasteiger partial charge in [0.15, 0.2) is 0 Å². The highest BCUT2D eigenvalue weighted by molar-refractivity contribution is 6.30. The molecule has 2 unspecified atom stereocenters. The molecule has 0 radical (unpaired) electrons. The van der Waals surface area contributed by atoms with Crippen molar-refractivity contribution in [3.8, 4) is 0 Å². The SMILES string of the molecule is CCN(CCO)C(=O)C1CC1c1cccc(Cl)c1. The third-order valence-electron chi connectivity index (χ3n) is 3.45. The van der Waals surface area contributed by atoms with E-state index in [1.807, 2.05) is 31.2 Å². The third-order valence-corrected chi connectivity index (χ3v) is 3.68. The summed E-state index contributed by atoms with van der Waals surface area (Å²) in [5.74, 6) is 0.510. The van der Waals surface area contributed by atoms with Gasteiger partial charge in [0.05, 0.1) is 6.61 Å². The van der Waals surface area contributed by atoms with Crippen LogP contribution in [0, 0.1) is 5.92 Å². The lowest BCUT2D eigenvalue weighted by atomic mass is 10.1. The molecule has 0 aromatic heterocycles. The van der Waals surface area contributed by atoms with E-state index < -0.39 is 0 Å². The summed E-state index contributed by atoms with van der Waals surface area (Å²) < 4.78 is 0. The largest absolute Gasteiger partial charge is 0.395 e. The van der Waals surface area contributed by atoms with Gasteiger partial charge in [-0.25, -0.2) is 0 Å². The number of aliphatic hydroxyl groups excluding tert-OH is 1. The summed E-state index contributed by atoms with van der Waals surface area (Å²) in [6, 6.07) is 7.71. The molecule has 1 aromatic carbocycles. The molecular formula is C14H18ClNO2. The molecular weight excluding hydrogens is 250 g/mol. The van der Waals surface area contributed by atoms with Gasteiger partial charge in [0.1, 0.15) is 0 Å². The Morgan fingerprint density at radius 1 is 1.56 bits per heavy atom. The topological polar surface area (TPSA) is 40.5 Å². The first-order valence-corrected chi connectivity index (χ1v) is 6.70. The number of carbonyl (C=O) groups is 1.